The number of rotatable bonds is 4. The molecular weight excluding hydrogens is 272 g/mol. The summed E-state index contributed by atoms with van der Waals surface area (Å²) in [7, 11) is -1.44. The fraction of sp³-hybridized carbons (Fsp3) is 0.600. The van der Waals surface area contributed by atoms with Gasteiger partial charge in [-0.25, -0.2) is 13.1 Å². The molecule has 1 aliphatic rings. The molecule has 0 spiro atoms. The number of hydrogen-bond acceptors (Lipinski definition) is 3. The van der Waals surface area contributed by atoms with Crippen molar-refractivity contribution < 1.29 is 8.42 Å². The van der Waals surface area contributed by atoms with Gasteiger partial charge in [0, 0.05) is 12.1 Å². The number of nitrogens with one attached hydrogen (secondary N) is 2. The van der Waals surface area contributed by atoms with E-state index in [0.717, 1.165) is 36.8 Å². The Morgan fingerprint density at radius 2 is 1.65 bits per heavy atom. The monoisotopic (exact) mass is 296 g/mol. The Kier molecular flexibility index (Phi) is 4.83. The molecule has 1 aromatic rings. The van der Waals surface area contributed by atoms with Crippen LogP contribution in [0.3, 0.4) is 0 Å². The number of hydrogen-bond donors (Lipinski definition) is 2. The second-order valence-electron chi connectivity index (χ2n) is 5.73. The SMILES string of the molecule is CNC1CCC(NS(=O)(=O)c2cc(C)ccc2C)CC1. The van der Waals surface area contributed by atoms with E-state index in [4.69, 9.17) is 0 Å². The highest BCUT2D eigenvalue weighted by Gasteiger charge is 2.25. The maximum absolute atomic E-state index is 12.5. The highest BCUT2D eigenvalue weighted by Crippen LogP contribution is 2.22. The van der Waals surface area contributed by atoms with Gasteiger partial charge in [-0.05, 0) is 63.8 Å². The molecule has 1 saturated carbocycles. The second-order valence-corrected chi connectivity index (χ2v) is 7.41. The van der Waals surface area contributed by atoms with Crippen LogP contribution in [0.15, 0.2) is 23.1 Å². The van der Waals surface area contributed by atoms with Crippen LogP contribution in [0.25, 0.3) is 0 Å². The Balaban J connectivity index is 2.10. The molecule has 0 atom stereocenters. The summed E-state index contributed by atoms with van der Waals surface area (Å²) in [4.78, 5) is 0.410. The molecule has 1 aliphatic carbocycles. The topological polar surface area (TPSA) is 58.2 Å². The van der Waals surface area contributed by atoms with Crippen LogP contribution < -0.4 is 10.0 Å². The van der Waals surface area contributed by atoms with Gasteiger partial charge >= 0.3 is 0 Å². The van der Waals surface area contributed by atoms with E-state index in [1.54, 1.807) is 6.07 Å². The van der Waals surface area contributed by atoms with Crippen LogP contribution in [0.1, 0.15) is 36.8 Å². The molecule has 0 aromatic heterocycles. The predicted octanol–water partition coefficient (Wildman–Crippen LogP) is 2.11. The van der Waals surface area contributed by atoms with Crippen molar-refractivity contribution in [1.29, 1.82) is 0 Å². The maximum atomic E-state index is 12.5. The third kappa shape index (κ3) is 3.59. The average Bonchev–Trinajstić information content (AvgIpc) is 2.42. The first-order valence-corrected chi connectivity index (χ1v) is 8.67. The lowest BCUT2D eigenvalue weighted by Gasteiger charge is -2.28. The van der Waals surface area contributed by atoms with Gasteiger partial charge in [0.25, 0.3) is 0 Å². The van der Waals surface area contributed by atoms with Crippen molar-refractivity contribution >= 4 is 10.0 Å². The van der Waals surface area contributed by atoms with Crippen molar-refractivity contribution in [3.63, 3.8) is 0 Å². The molecule has 0 aliphatic heterocycles. The predicted molar refractivity (Wildman–Crippen MR) is 81.3 cm³/mol. The Bertz CT molecular complexity index is 561. The summed E-state index contributed by atoms with van der Waals surface area (Å²) in [5, 5.41) is 3.26. The van der Waals surface area contributed by atoms with E-state index in [1.165, 1.54) is 0 Å². The largest absolute Gasteiger partial charge is 0.317 e. The molecule has 1 fully saturated rings. The summed E-state index contributed by atoms with van der Waals surface area (Å²) >= 11 is 0. The van der Waals surface area contributed by atoms with Gasteiger partial charge in [0.15, 0.2) is 0 Å². The van der Waals surface area contributed by atoms with Crippen molar-refractivity contribution in [2.75, 3.05) is 7.05 Å². The van der Waals surface area contributed by atoms with Gasteiger partial charge in [-0.2, -0.15) is 0 Å². The van der Waals surface area contributed by atoms with Gasteiger partial charge in [-0.15, -0.1) is 0 Å². The van der Waals surface area contributed by atoms with E-state index < -0.39 is 10.0 Å². The molecule has 20 heavy (non-hydrogen) atoms. The summed E-state index contributed by atoms with van der Waals surface area (Å²) in [5.41, 5.74) is 1.77. The lowest BCUT2D eigenvalue weighted by molar-refractivity contribution is 0.342. The molecule has 0 radical (unpaired) electrons. The van der Waals surface area contributed by atoms with Crippen molar-refractivity contribution in [3.8, 4) is 0 Å². The zero-order valence-electron chi connectivity index (χ0n) is 12.4. The van der Waals surface area contributed by atoms with E-state index in [9.17, 15) is 8.42 Å². The summed E-state index contributed by atoms with van der Waals surface area (Å²) in [6.45, 7) is 3.75. The van der Waals surface area contributed by atoms with Crippen LogP contribution in [0.2, 0.25) is 0 Å². The Hall–Kier alpha value is -0.910. The highest BCUT2D eigenvalue weighted by atomic mass is 32.2. The van der Waals surface area contributed by atoms with Crippen LogP contribution in [0.5, 0.6) is 0 Å². The van der Waals surface area contributed by atoms with Crippen molar-refractivity contribution in [2.24, 2.45) is 0 Å². The molecule has 0 amide bonds. The highest BCUT2D eigenvalue weighted by molar-refractivity contribution is 7.89. The molecule has 0 unspecified atom stereocenters. The Morgan fingerprint density at radius 1 is 1.05 bits per heavy atom. The van der Waals surface area contributed by atoms with Gasteiger partial charge in [-0.3, -0.25) is 0 Å². The van der Waals surface area contributed by atoms with Crippen LogP contribution in [-0.2, 0) is 10.0 Å². The van der Waals surface area contributed by atoms with E-state index in [-0.39, 0.29) is 6.04 Å². The van der Waals surface area contributed by atoms with E-state index in [1.807, 2.05) is 33.0 Å². The van der Waals surface area contributed by atoms with Crippen LogP contribution in [0, 0.1) is 13.8 Å². The van der Waals surface area contributed by atoms with E-state index in [0.29, 0.717) is 10.9 Å². The van der Waals surface area contributed by atoms with Gasteiger partial charge in [0.05, 0.1) is 4.90 Å². The summed E-state index contributed by atoms with van der Waals surface area (Å²) in [6.07, 6.45) is 3.85. The molecule has 2 N–H and O–H groups in total. The van der Waals surface area contributed by atoms with Crippen LogP contribution >= 0.6 is 0 Å². The van der Waals surface area contributed by atoms with Crippen LogP contribution in [-0.4, -0.2) is 27.5 Å². The zero-order valence-corrected chi connectivity index (χ0v) is 13.3. The molecule has 1 aromatic carbocycles. The Labute approximate surface area is 122 Å². The summed E-state index contributed by atoms with van der Waals surface area (Å²) in [6, 6.07) is 6.13. The smallest absolute Gasteiger partial charge is 0.241 e. The standard InChI is InChI=1S/C15H24N2O2S/c1-11-4-5-12(2)15(10-11)20(18,19)17-14-8-6-13(16-3)7-9-14/h4-5,10,13-14,16-17H,6-9H2,1-3H3. The minimum absolute atomic E-state index is 0.0597. The first-order chi connectivity index (χ1) is 9.42. The van der Waals surface area contributed by atoms with Gasteiger partial charge in [0.2, 0.25) is 10.0 Å². The summed E-state index contributed by atoms with van der Waals surface area (Å²) in [5.74, 6) is 0. The van der Waals surface area contributed by atoms with Gasteiger partial charge in [-0.1, -0.05) is 12.1 Å². The number of sulfonamides is 1. The quantitative estimate of drug-likeness (QED) is 0.894. The first-order valence-electron chi connectivity index (χ1n) is 7.19. The molecule has 0 bridgehead atoms. The fourth-order valence-electron chi connectivity index (χ4n) is 2.78. The lowest BCUT2D eigenvalue weighted by Crippen LogP contribution is -2.41. The first kappa shape index (κ1) is 15.5. The molecule has 112 valence electrons. The average molecular weight is 296 g/mol. The minimum Gasteiger partial charge on any atom is -0.317 e. The van der Waals surface area contributed by atoms with Gasteiger partial charge in [0.1, 0.15) is 0 Å². The number of aryl methyl sites for hydroxylation is 2. The molecule has 5 heteroatoms. The molecule has 2 rings (SSSR count). The van der Waals surface area contributed by atoms with Crippen molar-refractivity contribution in [1.82, 2.24) is 10.0 Å². The van der Waals surface area contributed by atoms with Crippen LogP contribution in [0.4, 0.5) is 0 Å². The van der Waals surface area contributed by atoms with Crippen molar-refractivity contribution in [3.05, 3.63) is 29.3 Å². The third-order valence-corrected chi connectivity index (χ3v) is 5.75. The molecule has 4 nitrogen and oxygen atoms in total. The second kappa shape index (κ2) is 6.24. The Morgan fingerprint density at radius 3 is 2.25 bits per heavy atom. The molecular formula is C15H24N2O2S. The minimum atomic E-state index is -3.41. The number of benzene rings is 1. The van der Waals surface area contributed by atoms with E-state index in [2.05, 4.69) is 10.0 Å². The maximum Gasteiger partial charge on any atom is 0.241 e. The fourth-order valence-corrected chi connectivity index (χ4v) is 4.41. The van der Waals surface area contributed by atoms with Crippen molar-refractivity contribution in [2.45, 2.75) is 56.5 Å². The van der Waals surface area contributed by atoms with Gasteiger partial charge < -0.3 is 5.32 Å². The summed E-state index contributed by atoms with van der Waals surface area (Å²) < 4.78 is 27.9. The van der Waals surface area contributed by atoms with E-state index >= 15 is 0 Å². The molecule has 0 saturated heterocycles. The third-order valence-electron chi connectivity index (χ3n) is 4.09. The molecule has 0 heterocycles. The zero-order chi connectivity index (χ0) is 14.8. The lowest BCUT2D eigenvalue weighted by atomic mass is 9.92. The normalized spacial score (nSPS) is 23.8.